The molecular formula is C21H24N10O2. The van der Waals surface area contributed by atoms with Crippen molar-refractivity contribution in [2.45, 2.75) is 6.92 Å². The van der Waals surface area contributed by atoms with E-state index in [2.05, 4.69) is 46.5 Å². The quantitative estimate of drug-likeness (QED) is 0.293. The first kappa shape index (κ1) is 23.1. The second-order valence-electron chi connectivity index (χ2n) is 6.48. The molecule has 3 rings (SSSR count). The molecule has 0 spiro atoms. The number of para-hydroxylation sites is 1. The Bertz CT molecular complexity index is 1150. The van der Waals surface area contributed by atoms with Crippen molar-refractivity contribution in [3.05, 3.63) is 60.4 Å². The van der Waals surface area contributed by atoms with Crippen LogP contribution in [0, 0.1) is 5.53 Å². The summed E-state index contributed by atoms with van der Waals surface area (Å²) in [6.07, 6.45) is 4.83. The Kier molecular flexibility index (Phi) is 7.78. The highest BCUT2D eigenvalue weighted by Gasteiger charge is 2.18. The van der Waals surface area contributed by atoms with E-state index in [1.165, 1.54) is 14.2 Å². The number of methoxy groups -OCH3 is 1. The first-order chi connectivity index (χ1) is 16.1. The van der Waals surface area contributed by atoms with Crippen molar-refractivity contribution in [2.75, 3.05) is 31.3 Å². The molecular weight excluding hydrogens is 424 g/mol. The number of carbonyl (C=O) groups is 1. The molecule has 170 valence electrons. The molecule has 2 aromatic heterocycles. The third-order valence-corrected chi connectivity index (χ3v) is 4.35. The van der Waals surface area contributed by atoms with Crippen LogP contribution in [0.2, 0.25) is 0 Å². The highest BCUT2D eigenvalue weighted by molar-refractivity contribution is 5.98. The van der Waals surface area contributed by atoms with Crippen LogP contribution in [0.25, 0.3) is 11.4 Å². The average molecular weight is 448 g/mol. The van der Waals surface area contributed by atoms with Gasteiger partial charge in [-0.3, -0.25) is 4.79 Å². The number of carbonyl (C=O) groups excluding carboxylic acids is 1. The molecule has 2 heterocycles. The first-order valence-corrected chi connectivity index (χ1v) is 10.0. The lowest BCUT2D eigenvalue weighted by Gasteiger charge is -2.16. The van der Waals surface area contributed by atoms with Crippen molar-refractivity contribution < 1.29 is 9.53 Å². The molecule has 0 radical (unpaired) electrons. The molecule has 12 nitrogen and oxygen atoms in total. The molecule has 5 N–H and O–H groups in total. The molecule has 0 bridgehead atoms. The fourth-order valence-corrected chi connectivity index (χ4v) is 2.88. The molecule has 33 heavy (non-hydrogen) atoms. The summed E-state index contributed by atoms with van der Waals surface area (Å²) in [5.41, 5.74) is 9.00. The Morgan fingerprint density at radius 1 is 1.18 bits per heavy atom. The molecule has 0 aliphatic heterocycles. The molecule has 0 saturated heterocycles. The maximum Gasteiger partial charge on any atom is 0.273 e. The summed E-state index contributed by atoms with van der Waals surface area (Å²) in [5.74, 6) is 1.07. The lowest BCUT2D eigenvalue weighted by Crippen LogP contribution is -2.21. The van der Waals surface area contributed by atoms with E-state index in [-0.39, 0.29) is 17.3 Å². The van der Waals surface area contributed by atoms with Crippen molar-refractivity contribution in [3.8, 4) is 17.1 Å². The Morgan fingerprint density at radius 3 is 2.64 bits per heavy atom. The fraction of sp³-hybridized carbons (Fsp3) is 0.190. The van der Waals surface area contributed by atoms with Crippen molar-refractivity contribution in [1.82, 2.24) is 30.8 Å². The molecule has 0 aliphatic carbocycles. The van der Waals surface area contributed by atoms with Gasteiger partial charge in [-0.2, -0.15) is 0 Å². The van der Waals surface area contributed by atoms with Gasteiger partial charge in [-0.05, 0) is 25.1 Å². The number of nitrogens with zero attached hydrogens (tertiary/aromatic N) is 5. The minimum Gasteiger partial charge on any atom is -0.494 e. The molecule has 0 aliphatic rings. The zero-order valence-corrected chi connectivity index (χ0v) is 18.4. The molecule has 0 saturated carbocycles. The molecule has 3 aromatic rings. The number of aromatic nitrogens is 4. The Balaban J connectivity index is 2.03. The van der Waals surface area contributed by atoms with Gasteiger partial charge in [-0.25, -0.2) is 15.5 Å². The van der Waals surface area contributed by atoms with Crippen LogP contribution in [-0.2, 0) is 0 Å². The maximum absolute atomic E-state index is 12.4. The van der Waals surface area contributed by atoms with Crippen LogP contribution >= 0.6 is 0 Å². The van der Waals surface area contributed by atoms with Gasteiger partial charge < -0.3 is 26.0 Å². The van der Waals surface area contributed by atoms with Gasteiger partial charge in [0.1, 0.15) is 0 Å². The molecule has 0 atom stereocenters. The second kappa shape index (κ2) is 11.1. The van der Waals surface area contributed by atoms with Gasteiger partial charge in [0.25, 0.3) is 5.91 Å². The monoisotopic (exact) mass is 448 g/mol. The number of rotatable bonds is 10. The summed E-state index contributed by atoms with van der Waals surface area (Å²) in [7, 11) is 3.04. The summed E-state index contributed by atoms with van der Waals surface area (Å²) >= 11 is 0. The zero-order chi connectivity index (χ0) is 23.6. The van der Waals surface area contributed by atoms with Crippen molar-refractivity contribution in [2.24, 2.45) is 5.11 Å². The Labute approximate surface area is 190 Å². The highest BCUT2D eigenvalue weighted by atomic mass is 16.5. The van der Waals surface area contributed by atoms with Gasteiger partial charge in [0.05, 0.1) is 24.0 Å². The number of hydrogen-bond acceptors (Lipinski definition) is 11. The Hall–Kier alpha value is -4.61. The van der Waals surface area contributed by atoms with Crippen LogP contribution in [-0.4, -0.2) is 46.8 Å². The number of hydrogen-bond donors (Lipinski definition) is 5. The summed E-state index contributed by atoms with van der Waals surface area (Å²) in [5, 5.41) is 23.1. The Morgan fingerprint density at radius 2 is 1.97 bits per heavy atom. The standard InChI is InChI=1S/C21H24N10O2/c1-4-24-12-17(29-22)28-16-11-15(18(31-30-16)21(32)23-2)27-14-8-5-7-13(19(14)33-3)20-25-9-6-10-26-20/h5-12,22,24H,4H2,1-3H3,(H,23,32)(H2,27,28,30)/b17-12-,29-22?. The van der Waals surface area contributed by atoms with E-state index >= 15 is 0 Å². The highest BCUT2D eigenvalue weighted by Crippen LogP contribution is 2.37. The topological polar surface area (TPSA) is 162 Å². The van der Waals surface area contributed by atoms with Crippen molar-refractivity contribution in [3.63, 3.8) is 0 Å². The minimum absolute atomic E-state index is 0.0755. The predicted octanol–water partition coefficient (Wildman–Crippen LogP) is 2.90. The zero-order valence-electron chi connectivity index (χ0n) is 18.4. The van der Waals surface area contributed by atoms with E-state index in [0.29, 0.717) is 35.1 Å². The van der Waals surface area contributed by atoms with Crippen molar-refractivity contribution >= 4 is 23.1 Å². The molecule has 0 unspecified atom stereocenters. The third kappa shape index (κ3) is 5.55. The number of ether oxygens (including phenoxy) is 1. The molecule has 12 heteroatoms. The van der Waals surface area contributed by atoms with Crippen LogP contribution < -0.4 is 26.0 Å². The summed E-state index contributed by atoms with van der Waals surface area (Å²) in [4.78, 5) is 21.0. The van der Waals surface area contributed by atoms with Crippen LogP contribution in [0.1, 0.15) is 17.4 Å². The maximum atomic E-state index is 12.4. The smallest absolute Gasteiger partial charge is 0.273 e. The van der Waals surface area contributed by atoms with E-state index in [1.807, 2.05) is 19.1 Å². The summed E-state index contributed by atoms with van der Waals surface area (Å²) in [6.45, 7) is 2.58. The molecule has 1 aromatic carbocycles. The van der Waals surface area contributed by atoms with Crippen LogP contribution in [0.15, 0.2) is 59.9 Å². The van der Waals surface area contributed by atoms with E-state index in [4.69, 9.17) is 10.3 Å². The summed E-state index contributed by atoms with van der Waals surface area (Å²) in [6, 6.07) is 8.77. The van der Waals surface area contributed by atoms with E-state index in [1.54, 1.807) is 36.8 Å². The first-order valence-electron chi connectivity index (χ1n) is 10.0. The largest absolute Gasteiger partial charge is 0.494 e. The van der Waals surface area contributed by atoms with E-state index in [0.717, 1.165) is 0 Å². The van der Waals surface area contributed by atoms with Gasteiger partial charge in [0, 0.05) is 38.3 Å². The molecule has 0 fully saturated rings. The minimum atomic E-state index is -0.424. The van der Waals surface area contributed by atoms with Crippen LogP contribution in [0.3, 0.4) is 0 Å². The van der Waals surface area contributed by atoms with Crippen LogP contribution in [0.4, 0.5) is 17.2 Å². The lowest BCUT2D eigenvalue weighted by molar-refractivity contribution is 0.0958. The third-order valence-electron chi connectivity index (χ3n) is 4.35. The number of benzene rings is 1. The van der Waals surface area contributed by atoms with Crippen LogP contribution in [0.5, 0.6) is 5.75 Å². The van der Waals surface area contributed by atoms with Gasteiger partial charge in [0.2, 0.25) is 0 Å². The number of anilines is 3. The van der Waals surface area contributed by atoms with Gasteiger partial charge in [-0.1, -0.05) is 6.07 Å². The average Bonchev–Trinajstić information content (AvgIpc) is 2.86. The number of nitrogens with one attached hydrogen (secondary N) is 5. The fourth-order valence-electron chi connectivity index (χ4n) is 2.88. The normalized spacial score (nSPS) is 10.8. The van der Waals surface area contributed by atoms with Gasteiger partial charge >= 0.3 is 0 Å². The molecule has 1 amide bonds. The second-order valence-corrected chi connectivity index (χ2v) is 6.48. The van der Waals surface area contributed by atoms with E-state index < -0.39 is 5.91 Å². The SMILES string of the molecule is CCN/C=C(\N=N)Nc1cc(Nc2cccc(-c3ncccn3)c2OC)c(C(=O)NC)nn1. The lowest BCUT2D eigenvalue weighted by atomic mass is 10.1. The van der Waals surface area contributed by atoms with Gasteiger partial charge in [-0.15, -0.1) is 15.3 Å². The van der Waals surface area contributed by atoms with E-state index in [9.17, 15) is 4.79 Å². The summed E-state index contributed by atoms with van der Waals surface area (Å²) < 4.78 is 5.63. The van der Waals surface area contributed by atoms with Crippen molar-refractivity contribution in [1.29, 1.82) is 5.53 Å². The van der Waals surface area contributed by atoms with Gasteiger partial charge in [0.15, 0.2) is 28.9 Å². The predicted molar refractivity (Wildman–Crippen MR) is 123 cm³/mol. The number of amides is 1.